The van der Waals surface area contributed by atoms with Crippen molar-refractivity contribution in [1.82, 2.24) is 0 Å². The molecule has 4 aromatic rings. The van der Waals surface area contributed by atoms with Crippen LogP contribution in [0.4, 0.5) is 11.4 Å². The fourth-order valence-electron chi connectivity index (χ4n) is 3.71. The Morgan fingerprint density at radius 1 is 0.778 bits per heavy atom. The molecule has 0 saturated carbocycles. The number of hydrogen-bond donors (Lipinski definition) is 2. The van der Waals surface area contributed by atoms with E-state index in [1.807, 2.05) is 43.3 Å². The third kappa shape index (κ3) is 5.96. The number of nitrogens with one attached hydrogen (secondary N) is 2. The first-order valence-corrected chi connectivity index (χ1v) is 11.9. The Bertz CT molecular complexity index is 1390. The zero-order valence-corrected chi connectivity index (χ0v) is 21.0. The first kappa shape index (κ1) is 25.1. The van der Waals surface area contributed by atoms with Gasteiger partial charge in [-0.15, -0.1) is 0 Å². The van der Waals surface area contributed by atoms with Gasteiger partial charge in [-0.25, -0.2) is 0 Å². The van der Waals surface area contributed by atoms with Gasteiger partial charge in [0.25, 0.3) is 5.91 Å². The van der Waals surface area contributed by atoms with E-state index in [2.05, 4.69) is 10.6 Å². The van der Waals surface area contributed by atoms with Crippen LogP contribution in [0, 0.1) is 0 Å². The molecule has 6 nitrogen and oxygen atoms in total. The van der Waals surface area contributed by atoms with Gasteiger partial charge in [-0.3, -0.25) is 9.59 Å². The second kappa shape index (κ2) is 11.1. The summed E-state index contributed by atoms with van der Waals surface area (Å²) in [6.45, 7) is 3.52. The van der Waals surface area contributed by atoms with Crippen LogP contribution in [0.5, 0.6) is 11.5 Å². The molecular weight excluding hydrogens is 476 g/mol. The summed E-state index contributed by atoms with van der Waals surface area (Å²) in [5.74, 6) is 0.456. The Kier molecular flexibility index (Phi) is 7.76. The number of rotatable bonds is 8. The maximum absolute atomic E-state index is 12.9. The van der Waals surface area contributed by atoms with Gasteiger partial charge >= 0.3 is 0 Å². The molecule has 0 fully saturated rings. The van der Waals surface area contributed by atoms with E-state index < -0.39 is 6.10 Å². The van der Waals surface area contributed by atoms with Gasteiger partial charge in [0.15, 0.2) is 6.10 Å². The normalized spacial score (nSPS) is 12.4. The summed E-state index contributed by atoms with van der Waals surface area (Å²) in [5, 5.41) is 8.28. The third-order valence-electron chi connectivity index (χ3n) is 5.89. The molecule has 7 heteroatoms. The summed E-state index contributed by atoms with van der Waals surface area (Å²) < 4.78 is 10.9. The number of para-hydroxylation sites is 1. The zero-order chi connectivity index (χ0) is 25.7. The van der Waals surface area contributed by atoms with Gasteiger partial charge in [0.05, 0.1) is 18.1 Å². The van der Waals surface area contributed by atoms with E-state index in [9.17, 15) is 9.59 Å². The van der Waals surface area contributed by atoms with Gasteiger partial charge in [-0.05, 0) is 78.7 Å². The van der Waals surface area contributed by atoms with Crippen molar-refractivity contribution >= 4 is 45.6 Å². The van der Waals surface area contributed by atoms with Crippen molar-refractivity contribution < 1.29 is 19.1 Å². The highest BCUT2D eigenvalue weighted by Crippen LogP contribution is 2.27. The van der Waals surface area contributed by atoms with E-state index in [4.69, 9.17) is 21.1 Å². The molecule has 2 N–H and O–H groups in total. The number of benzene rings is 4. The van der Waals surface area contributed by atoms with E-state index in [0.717, 1.165) is 22.1 Å². The first-order chi connectivity index (χ1) is 17.3. The predicted octanol–water partition coefficient (Wildman–Crippen LogP) is 6.65. The summed E-state index contributed by atoms with van der Waals surface area (Å²) >= 11 is 6.09. The number of amides is 2. The highest BCUT2D eigenvalue weighted by Gasteiger charge is 2.18. The van der Waals surface area contributed by atoms with E-state index >= 15 is 0 Å². The fourth-order valence-corrected chi connectivity index (χ4v) is 3.89. The average Bonchev–Trinajstić information content (AvgIpc) is 2.89. The molecule has 1 unspecified atom stereocenters. The van der Waals surface area contributed by atoms with Crippen molar-refractivity contribution in [3.8, 4) is 11.5 Å². The van der Waals surface area contributed by atoms with Crippen LogP contribution in [0.3, 0.4) is 0 Å². The van der Waals surface area contributed by atoms with E-state index in [0.29, 0.717) is 22.1 Å². The summed E-state index contributed by atoms with van der Waals surface area (Å²) in [6, 6.07) is 25.7. The largest absolute Gasteiger partial charge is 0.497 e. The highest BCUT2D eigenvalue weighted by molar-refractivity contribution is 6.32. The summed E-state index contributed by atoms with van der Waals surface area (Å²) in [6.07, 6.45) is -0.742. The number of anilines is 2. The van der Waals surface area contributed by atoms with Crippen molar-refractivity contribution in [3.05, 3.63) is 95.5 Å². The molecule has 2 amide bonds. The van der Waals surface area contributed by atoms with Crippen LogP contribution >= 0.6 is 11.6 Å². The molecule has 0 bridgehead atoms. The van der Waals surface area contributed by atoms with Crippen molar-refractivity contribution in [2.24, 2.45) is 0 Å². The summed E-state index contributed by atoms with van der Waals surface area (Å²) in [5.41, 5.74) is 2.14. The number of carbonyl (C=O) groups is 2. The average molecular weight is 503 g/mol. The van der Waals surface area contributed by atoms with Crippen LogP contribution < -0.4 is 20.1 Å². The second-order valence-corrected chi connectivity index (χ2v) is 8.85. The second-order valence-electron chi connectivity index (χ2n) is 8.44. The third-order valence-corrected chi connectivity index (χ3v) is 6.21. The SMILES string of the molecule is COc1ccc2cc([C@H](C)C(=O)Nc3ccc(NC(=O)C(C)Oc4ccccc4Cl)cc3)ccc2c1. The number of halogens is 1. The van der Waals surface area contributed by atoms with Crippen molar-refractivity contribution in [2.45, 2.75) is 25.9 Å². The summed E-state index contributed by atoms with van der Waals surface area (Å²) in [7, 11) is 1.64. The lowest BCUT2D eigenvalue weighted by molar-refractivity contribution is -0.122. The Labute approximate surface area is 215 Å². The molecule has 0 saturated heterocycles. The molecule has 4 rings (SSSR count). The molecule has 4 aromatic carbocycles. The number of fused-ring (bicyclic) bond motifs is 1. The van der Waals surface area contributed by atoms with Gasteiger partial charge in [0.2, 0.25) is 5.91 Å². The molecule has 0 aliphatic carbocycles. The molecule has 0 aliphatic heterocycles. The van der Waals surface area contributed by atoms with Crippen LogP contribution in [0.2, 0.25) is 5.02 Å². The zero-order valence-electron chi connectivity index (χ0n) is 20.2. The lowest BCUT2D eigenvalue weighted by atomic mass is 9.97. The number of methoxy groups -OCH3 is 1. The van der Waals surface area contributed by atoms with Crippen molar-refractivity contribution in [3.63, 3.8) is 0 Å². The Balaban J connectivity index is 1.35. The Hall–Kier alpha value is -4.03. The Morgan fingerprint density at radius 3 is 2.06 bits per heavy atom. The first-order valence-electron chi connectivity index (χ1n) is 11.5. The topological polar surface area (TPSA) is 76.7 Å². The molecular formula is C29H27ClN2O4. The molecule has 184 valence electrons. The maximum atomic E-state index is 12.9. The van der Waals surface area contributed by atoms with E-state index in [-0.39, 0.29) is 17.7 Å². The number of hydrogen-bond acceptors (Lipinski definition) is 4. The van der Waals surface area contributed by atoms with Crippen molar-refractivity contribution in [1.29, 1.82) is 0 Å². The van der Waals surface area contributed by atoms with Crippen LogP contribution in [0.1, 0.15) is 25.3 Å². The van der Waals surface area contributed by atoms with Crippen molar-refractivity contribution in [2.75, 3.05) is 17.7 Å². The van der Waals surface area contributed by atoms with Crippen LogP contribution in [-0.2, 0) is 9.59 Å². The van der Waals surface area contributed by atoms with Crippen LogP contribution in [0.15, 0.2) is 84.9 Å². The fraction of sp³-hybridized carbons (Fsp3) is 0.172. The lowest BCUT2D eigenvalue weighted by Gasteiger charge is -2.16. The lowest BCUT2D eigenvalue weighted by Crippen LogP contribution is -2.30. The van der Waals surface area contributed by atoms with Gasteiger partial charge in [0, 0.05) is 11.4 Å². The maximum Gasteiger partial charge on any atom is 0.265 e. The molecule has 0 radical (unpaired) electrons. The van der Waals surface area contributed by atoms with Crippen LogP contribution in [-0.4, -0.2) is 25.0 Å². The highest BCUT2D eigenvalue weighted by atomic mass is 35.5. The van der Waals surface area contributed by atoms with Gasteiger partial charge < -0.3 is 20.1 Å². The van der Waals surface area contributed by atoms with Crippen LogP contribution in [0.25, 0.3) is 10.8 Å². The molecule has 0 aromatic heterocycles. The minimum Gasteiger partial charge on any atom is -0.497 e. The number of carbonyl (C=O) groups excluding carboxylic acids is 2. The molecule has 0 aliphatic rings. The molecule has 0 spiro atoms. The van der Waals surface area contributed by atoms with Gasteiger partial charge in [-0.2, -0.15) is 0 Å². The monoisotopic (exact) mass is 502 g/mol. The minimum atomic E-state index is -0.742. The quantitative estimate of drug-likeness (QED) is 0.283. The van der Waals surface area contributed by atoms with E-state index in [1.54, 1.807) is 62.6 Å². The van der Waals surface area contributed by atoms with Gasteiger partial charge in [-0.1, -0.05) is 48.0 Å². The number of ether oxygens (including phenoxy) is 2. The smallest absolute Gasteiger partial charge is 0.265 e. The van der Waals surface area contributed by atoms with Gasteiger partial charge in [0.1, 0.15) is 11.5 Å². The standard InChI is InChI=1S/C29H27ClN2O4/c1-18(20-8-9-22-17-25(35-3)15-10-21(22)16-20)28(33)31-23-11-13-24(14-12-23)32-29(34)19(2)36-27-7-5-4-6-26(27)30/h4-19H,1-3H3,(H,31,33)(H,32,34)/t18-,19?/m0/s1. The molecule has 36 heavy (non-hydrogen) atoms. The molecule has 0 heterocycles. The summed E-state index contributed by atoms with van der Waals surface area (Å²) in [4.78, 5) is 25.4. The van der Waals surface area contributed by atoms with E-state index in [1.165, 1.54) is 0 Å². The molecule has 2 atom stereocenters. The minimum absolute atomic E-state index is 0.124. The Morgan fingerprint density at radius 2 is 1.39 bits per heavy atom. The predicted molar refractivity (Wildman–Crippen MR) is 144 cm³/mol.